The highest BCUT2D eigenvalue weighted by atomic mass is 32.1. The summed E-state index contributed by atoms with van der Waals surface area (Å²) in [6, 6.07) is 67.3. The van der Waals surface area contributed by atoms with Crippen molar-refractivity contribution in [2.24, 2.45) is 0 Å². The third-order valence-corrected chi connectivity index (χ3v) is 14.5. The number of thiophene rings is 2. The minimum absolute atomic E-state index is 1.02. The van der Waals surface area contributed by atoms with E-state index >= 15 is 0 Å². The Kier molecular flexibility index (Phi) is 9.61. The lowest BCUT2D eigenvalue weighted by Crippen LogP contribution is -1.94. The van der Waals surface area contributed by atoms with Crippen LogP contribution in [0.25, 0.3) is 120 Å². The number of benzene rings is 10. The Morgan fingerprint density at radius 3 is 1.14 bits per heavy atom. The Labute approximate surface area is 386 Å². The molecule has 0 amide bonds. The normalized spacial score (nSPS) is 12.2. The maximum Gasteiger partial charge on any atom is 0.000228 e. The molecular formula is C63H40S2. The van der Waals surface area contributed by atoms with Gasteiger partial charge < -0.3 is 0 Å². The standard InChI is InChI=1S/C63H40S2/c1-3-11-59(49-21-18-46-24-40-12-5-8-15-43(40)27-52(46)30-49)58(4-2)55-33-56(62-38-64-36-60(62)50-22-19-47-25-41-13-6-9-16-44(41)28-53(47)31-50)35-57(34-55)63-39-65-37-61(63)51-23-20-48-26-42-14-7-10-17-45(42)29-54(48)32-51/h1,4-39H,2H3/b58-4-,59-11-. The van der Waals surface area contributed by atoms with E-state index in [9.17, 15) is 0 Å². The van der Waals surface area contributed by atoms with Crippen LogP contribution in [0.4, 0.5) is 0 Å². The van der Waals surface area contributed by atoms with Crippen molar-refractivity contribution in [2.45, 2.75) is 6.92 Å². The highest BCUT2D eigenvalue weighted by molar-refractivity contribution is 7.09. The third kappa shape index (κ3) is 7.03. The van der Waals surface area contributed by atoms with Crippen LogP contribution in [-0.2, 0) is 0 Å². The maximum absolute atomic E-state index is 6.20. The van der Waals surface area contributed by atoms with Gasteiger partial charge in [0.25, 0.3) is 0 Å². The molecule has 0 saturated heterocycles. The van der Waals surface area contributed by atoms with Gasteiger partial charge in [0.1, 0.15) is 0 Å². The first-order valence-electron chi connectivity index (χ1n) is 22.0. The first-order valence-corrected chi connectivity index (χ1v) is 23.9. The van der Waals surface area contributed by atoms with Gasteiger partial charge in [0.15, 0.2) is 0 Å². The van der Waals surface area contributed by atoms with Crippen molar-refractivity contribution >= 4 is 98.5 Å². The smallest absolute Gasteiger partial charge is 0.000228 e. The van der Waals surface area contributed by atoms with Crippen LogP contribution in [0.3, 0.4) is 0 Å². The van der Waals surface area contributed by atoms with E-state index in [-0.39, 0.29) is 0 Å². The molecule has 0 unspecified atom stereocenters. The molecule has 0 bridgehead atoms. The summed E-state index contributed by atoms with van der Waals surface area (Å²) in [6.45, 7) is 2.13. The SMILES string of the molecule is C#C/C=C(\C(=C/C)c1cc(-c2cscc2-c2ccc3cc4ccccc4cc3c2)cc(-c2cscc2-c2ccc3cc4ccccc4cc3c2)c1)c1ccc2cc3ccccc3cc2c1. The fourth-order valence-electron chi connectivity index (χ4n) is 9.78. The minimum atomic E-state index is 1.02. The molecule has 0 aliphatic heterocycles. The Balaban J connectivity index is 1.02. The van der Waals surface area contributed by atoms with Crippen LogP contribution in [0.5, 0.6) is 0 Å². The molecule has 2 heterocycles. The summed E-state index contributed by atoms with van der Waals surface area (Å²) in [6.07, 6.45) is 10.4. The van der Waals surface area contributed by atoms with Crippen LogP contribution in [0.2, 0.25) is 0 Å². The monoisotopic (exact) mass is 860 g/mol. The van der Waals surface area contributed by atoms with Crippen LogP contribution < -0.4 is 0 Å². The summed E-state index contributed by atoms with van der Waals surface area (Å²) in [5.41, 5.74) is 13.9. The number of terminal acetylenes is 1. The topological polar surface area (TPSA) is 0 Å². The van der Waals surface area contributed by atoms with Crippen LogP contribution >= 0.6 is 22.7 Å². The fourth-order valence-corrected chi connectivity index (χ4v) is 11.5. The zero-order valence-electron chi connectivity index (χ0n) is 35.7. The van der Waals surface area contributed by atoms with Crippen LogP contribution in [0.1, 0.15) is 18.1 Å². The van der Waals surface area contributed by atoms with Gasteiger partial charge in [-0.25, -0.2) is 0 Å². The van der Waals surface area contributed by atoms with Crippen molar-refractivity contribution in [3.05, 3.63) is 227 Å². The molecule has 0 atom stereocenters. The second-order valence-electron chi connectivity index (χ2n) is 16.9. The second kappa shape index (κ2) is 16.1. The van der Waals surface area contributed by atoms with Crippen molar-refractivity contribution in [3.8, 4) is 56.9 Å². The van der Waals surface area contributed by atoms with Gasteiger partial charge in [-0.2, -0.15) is 22.7 Å². The van der Waals surface area contributed by atoms with Gasteiger partial charge >= 0.3 is 0 Å². The van der Waals surface area contributed by atoms with E-state index in [1.165, 1.54) is 109 Å². The van der Waals surface area contributed by atoms with Gasteiger partial charge in [0.05, 0.1) is 0 Å². The number of rotatable bonds is 7. The molecule has 0 aliphatic rings. The zero-order valence-corrected chi connectivity index (χ0v) is 37.3. The second-order valence-corrected chi connectivity index (χ2v) is 18.4. The van der Waals surface area contributed by atoms with Crippen molar-refractivity contribution in [2.75, 3.05) is 0 Å². The average Bonchev–Trinajstić information content (AvgIpc) is 4.06. The molecule has 0 nitrogen and oxygen atoms in total. The summed E-state index contributed by atoms with van der Waals surface area (Å²) >= 11 is 3.50. The molecule has 2 aromatic heterocycles. The predicted molar refractivity (Wildman–Crippen MR) is 286 cm³/mol. The Hall–Kier alpha value is -7.80. The van der Waals surface area contributed by atoms with Crippen molar-refractivity contribution < 1.29 is 0 Å². The highest BCUT2D eigenvalue weighted by Crippen LogP contribution is 2.45. The van der Waals surface area contributed by atoms with Gasteiger partial charge in [-0.3, -0.25) is 0 Å². The van der Waals surface area contributed by atoms with E-state index in [0.29, 0.717) is 0 Å². The summed E-state index contributed by atoms with van der Waals surface area (Å²) in [5.74, 6) is 2.93. The van der Waals surface area contributed by atoms with Gasteiger partial charge in [-0.1, -0.05) is 121 Å². The summed E-state index contributed by atoms with van der Waals surface area (Å²) in [7, 11) is 0. The molecule has 0 spiro atoms. The first kappa shape index (κ1) is 38.8. The summed E-state index contributed by atoms with van der Waals surface area (Å²) in [5, 5.41) is 24.1. The molecule has 65 heavy (non-hydrogen) atoms. The molecule has 12 aromatic rings. The molecule has 10 aromatic carbocycles. The number of fused-ring (bicyclic) bond motifs is 6. The van der Waals surface area contributed by atoms with Crippen LogP contribution in [-0.4, -0.2) is 0 Å². The molecule has 2 heteroatoms. The lowest BCUT2D eigenvalue weighted by molar-refractivity contribution is 1.56. The quantitative estimate of drug-likeness (QED) is 0.0851. The fraction of sp³-hybridized carbons (Fsp3) is 0.0159. The lowest BCUT2D eigenvalue weighted by Gasteiger charge is -2.17. The van der Waals surface area contributed by atoms with Gasteiger partial charge in [-0.15, -0.1) is 6.42 Å². The Morgan fingerprint density at radius 2 is 0.723 bits per heavy atom. The Bertz CT molecular complexity index is 3800. The summed E-state index contributed by atoms with van der Waals surface area (Å²) in [4.78, 5) is 0. The molecule has 0 N–H and O–H groups in total. The van der Waals surface area contributed by atoms with E-state index in [2.05, 4.69) is 222 Å². The van der Waals surface area contributed by atoms with Crippen molar-refractivity contribution in [1.82, 2.24) is 0 Å². The van der Waals surface area contributed by atoms with Crippen LogP contribution in [0, 0.1) is 12.3 Å². The van der Waals surface area contributed by atoms with Crippen LogP contribution in [0.15, 0.2) is 216 Å². The summed E-state index contributed by atoms with van der Waals surface area (Å²) < 4.78 is 0. The van der Waals surface area contributed by atoms with Gasteiger partial charge in [0.2, 0.25) is 0 Å². The van der Waals surface area contributed by atoms with Crippen molar-refractivity contribution in [3.63, 3.8) is 0 Å². The van der Waals surface area contributed by atoms with Crippen molar-refractivity contribution in [1.29, 1.82) is 0 Å². The number of allylic oxidation sites excluding steroid dienone is 4. The number of hydrogen-bond acceptors (Lipinski definition) is 2. The third-order valence-electron chi connectivity index (χ3n) is 13.0. The molecule has 12 rings (SSSR count). The molecule has 304 valence electrons. The average molecular weight is 861 g/mol. The molecule has 0 fully saturated rings. The van der Waals surface area contributed by atoms with Gasteiger partial charge in [-0.05, 0) is 216 Å². The zero-order chi connectivity index (χ0) is 43.4. The van der Waals surface area contributed by atoms with E-state index < -0.39 is 0 Å². The Morgan fingerprint density at radius 1 is 0.354 bits per heavy atom. The molecular weight excluding hydrogens is 821 g/mol. The molecule has 0 radical (unpaired) electrons. The van der Waals surface area contributed by atoms with E-state index in [4.69, 9.17) is 6.42 Å². The number of hydrogen-bond donors (Lipinski definition) is 0. The van der Waals surface area contributed by atoms with E-state index in [1.807, 2.05) is 6.08 Å². The first-order chi connectivity index (χ1) is 32.1. The maximum atomic E-state index is 6.20. The predicted octanol–water partition coefficient (Wildman–Crippen LogP) is 18.5. The highest BCUT2D eigenvalue weighted by Gasteiger charge is 2.19. The largest absolute Gasteiger partial charge is 0.151 e. The molecule has 0 saturated carbocycles. The van der Waals surface area contributed by atoms with Gasteiger partial charge in [0, 0.05) is 22.3 Å². The van der Waals surface area contributed by atoms with E-state index in [1.54, 1.807) is 22.7 Å². The minimum Gasteiger partial charge on any atom is -0.151 e. The molecule has 0 aliphatic carbocycles. The lowest BCUT2D eigenvalue weighted by atomic mass is 9.86. The van der Waals surface area contributed by atoms with E-state index in [0.717, 1.165) is 22.3 Å².